The first-order valence-electron chi connectivity index (χ1n) is 12.8. The van der Waals surface area contributed by atoms with E-state index in [4.69, 9.17) is 10.1 Å². The summed E-state index contributed by atoms with van der Waals surface area (Å²) in [5.41, 5.74) is 3.75. The van der Waals surface area contributed by atoms with E-state index >= 15 is 0 Å². The number of carbonyl (C=O) groups is 1. The normalized spacial score (nSPS) is 13.6. The molecule has 0 saturated heterocycles. The molecule has 214 valence electrons. The van der Waals surface area contributed by atoms with Gasteiger partial charge in [-0.05, 0) is 54.8 Å². The van der Waals surface area contributed by atoms with Crippen molar-refractivity contribution in [2.45, 2.75) is 30.3 Å². The number of rotatable bonds is 11. The fourth-order valence-corrected chi connectivity index (χ4v) is 4.99. The van der Waals surface area contributed by atoms with Crippen LogP contribution >= 0.6 is 0 Å². The Balaban J connectivity index is 1.40. The SMILES string of the molecule is CS(=O)(=O)CCNc1nc(NCc2ccc(S(N)(=O)=O)cc2)nc2ccc(-c3ccc(C(=O)NC4CC4)cc3)nc12. The molecule has 1 aliphatic rings. The lowest BCUT2D eigenvalue weighted by molar-refractivity contribution is 0.0951. The van der Waals surface area contributed by atoms with Gasteiger partial charge in [0.2, 0.25) is 16.0 Å². The van der Waals surface area contributed by atoms with Gasteiger partial charge in [0.15, 0.2) is 5.82 Å². The van der Waals surface area contributed by atoms with E-state index in [0.717, 1.165) is 30.2 Å². The van der Waals surface area contributed by atoms with Gasteiger partial charge in [0.1, 0.15) is 15.4 Å². The highest BCUT2D eigenvalue weighted by Crippen LogP contribution is 2.26. The molecule has 0 radical (unpaired) electrons. The summed E-state index contributed by atoms with van der Waals surface area (Å²) in [5.74, 6) is 0.432. The number of carbonyl (C=O) groups excluding carboxylic acids is 1. The predicted molar refractivity (Wildman–Crippen MR) is 157 cm³/mol. The van der Waals surface area contributed by atoms with E-state index in [1.807, 2.05) is 18.2 Å². The zero-order valence-corrected chi connectivity index (χ0v) is 23.8. The second-order valence-corrected chi connectivity index (χ2v) is 13.7. The van der Waals surface area contributed by atoms with Crippen LogP contribution in [0.1, 0.15) is 28.8 Å². The standard InChI is InChI=1S/C27H29N7O5S2/c1-40(36,37)15-14-29-25-24-23(33-27(34-25)30-16-17-2-10-21(11-3-17)41(28,38)39)13-12-22(32-24)18-4-6-19(7-5-18)26(35)31-20-8-9-20/h2-7,10-13,20H,8-9,14-16H2,1H3,(H,31,35)(H2,28,38,39)(H2,29,30,33,34). The molecule has 5 N–H and O–H groups in total. The highest BCUT2D eigenvalue weighted by atomic mass is 32.2. The first-order valence-corrected chi connectivity index (χ1v) is 16.4. The average molecular weight is 596 g/mol. The summed E-state index contributed by atoms with van der Waals surface area (Å²) in [4.78, 5) is 26.2. The van der Waals surface area contributed by atoms with E-state index in [0.29, 0.717) is 34.7 Å². The van der Waals surface area contributed by atoms with E-state index in [2.05, 4.69) is 25.9 Å². The zero-order chi connectivity index (χ0) is 29.2. The molecule has 1 amide bonds. The summed E-state index contributed by atoms with van der Waals surface area (Å²) in [5, 5.41) is 14.3. The number of sulfonamides is 1. The Kier molecular flexibility index (Phi) is 7.89. The van der Waals surface area contributed by atoms with Crippen LogP contribution in [0, 0.1) is 0 Å². The minimum Gasteiger partial charge on any atom is -0.367 e. The van der Waals surface area contributed by atoms with Crippen LogP contribution in [-0.2, 0) is 26.4 Å². The Morgan fingerprint density at radius 1 is 0.902 bits per heavy atom. The van der Waals surface area contributed by atoms with E-state index < -0.39 is 19.9 Å². The fraction of sp³-hybridized carbons (Fsp3) is 0.259. The van der Waals surface area contributed by atoms with Gasteiger partial charge in [0.05, 0.1) is 21.9 Å². The number of nitrogens with zero attached hydrogens (tertiary/aromatic N) is 3. The molecule has 2 heterocycles. The third-order valence-corrected chi connectivity index (χ3v) is 8.24. The molecule has 4 aromatic rings. The van der Waals surface area contributed by atoms with Gasteiger partial charge in [0.25, 0.3) is 5.91 Å². The van der Waals surface area contributed by atoms with Crippen molar-refractivity contribution >= 4 is 48.6 Å². The molecular weight excluding hydrogens is 566 g/mol. The van der Waals surface area contributed by atoms with Gasteiger partial charge in [0, 0.05) is 36.5 Å². The first-order chi connectivity index (χ1) is 19.4. The molecule has 0 spiro atoms. The third-order valence-electron chi connectivity index (χ3n) is 6.37. The maximum atomic E-state index is 12.3. The number of sulfone groups is 1. The molecule has 1 fully saturated rings. The number of primary sulfonamides is 1. The molecule has 0 bridgehead atoms. The van der Waals surface area contributed by atoms with E-state index in [1.165, 1.54) is 12.1 Å². The van der Waals surface area contributed by atoms with Crippen molar-refractivity contribution in [2.24, 2.45) is 5.14 Å². The molecular formula is C27H29N7O5S2. The second kappa shape index (κ2) is 11.4. The van der Waals surface area contributed by atoms with Crippen LogP contribution in [0.15, 0.2) is 65.6 Å². The Morgan fingerprint density at radius 2 is 1.61 bits per heavy atom. The lowest BCUT2D eigenvalue weighted by atomic mass is 10.1. The van der Waals surface area contributed by atoms with Crippen LogP contribution in [0.3, 0.4) is 0 Å². The summed E-state index contributed by atoms with van der Waals surface area (Å²) in [6.45, 7) is 0.418. The van der Waals surface area contributed by atoms with Crippen LogP contribution in [0.2, 0.25) is 0 Å². The topological polar surface area (TPSA) is 186 Å². The number of hydrogen-bond donors (Lipinski definition) is 4. The van der Waals surface area contributed by atoms with Crippen LogP contribution < -0.4 is 21.1 Å². The fourth-order valence-electron chi connectivity index (χ4n) is 4.00. The van der Waals surface area contributed by atoms with Crippen LogP contribution in [0.25, 0.3) is 22.3 Å². The van der Waals surface area contributed by atoms with Crippen molar-refractivity contribution in [3.05, 3.63) is 71.8 Å². The molecule has 41 heavy (non-hydrogen) atoms. The number of benzene rings is 2. The van der Waals surface area contributed by atoms with Crippen molar-refractivity contribution in [2.75, 3.05) is 29.2 Å². The molecule has 5 rings (SSSR count). The molecule has 14 heteroatoms. The number of nitrogens with two attached hydrogens (primary N) is 1. The molecule has 1 saturated carbocycles. The van der Waals surface area contributed by atoms with Gasteiger partial charge in [-0.2, -0.15) is 4.98 Å². The van der Waals surface area contributed by atoms with Crippen LogP contribution in [-0.4, -0.2) is 62.3 Å². The van der Waals surface area contributed by atoms with Crippen molar-refractivity contribution in [1.82, 2.24) is 20.3 Å². The number of fused-ring (bicyclic) bond motifs is 1. The molecule has 0 aliphatic heterocycles. The number of aromatic nitrogens is 3. The molecule has 0 atom stereocenters. The highest BCUT2D eigenvalue weighted by molar-refractivity contribution is 7.90. The average Bonchev–Trinajstić information content (AvgIpc) is 3.75. The smallest absolute Gasteiger partial charge is 0.251 e. The van der Waals surface area contributed by atoms with Gasteiger partial charge < -0.3 is 16.0 Å². The van der Waals surface area contributed by atoms with Gasteiger partial charge in [-0.25, -0.2) is 31.9 Å². The minimum absolute atomic E-state index is 0.0126. The number of pyridine rings is 1. The first kappa shape index (κ1) is 28.4. The third kappa shape index (κ3) is 7.54. The second-order valence-electron chi connectivity index (χ2n) is 9.88. The quantitative estimate of drug-likeness (QED) is 0.200. The van der Waals surface area contributed by atoms with Crippen molar-refractivity contribution in [3.8, 4) is 11.3 Å². The Labute approximate surface area is 237 Å². The summed E-state index contributed by atoms with van der Waals surface area (Å²) in [6.07, 6.45) is 3.18. The molecule has 12 nitrogen and oxygen atoms in total. The van der Waals surface area contributed by atoms with Gasteiger partial charge in [-0.3, -0.25) is 4.79 Å². The van der Waals surface area contributed by atoms with Crippen LogP contribution in [0.4, 0.5) is 11.8 Å². The summed E-state index contributed by atoms with van der Waals surface area (Å²) in [7, 11) is -7.00. The molecule has 2 aromatic carbocycles. The predicted octanol–water partition coefficient (Wildman–Crippen LogP) is 2.30. The van der Waals surface area contributed by atoms with Crippen molar-refractivity contribution in [3.63, 3.8) is 0 Å². The number of anilines is 2. The number of amides is 1. The van der Waals surface area contributed by atoms with E-state index in [1.54, 1.807) is 30.3 Å². The zero-order valence-electron chi connectivity index (χ0n) is 22.2. The Morgan fingerprint density at radius 3 is 2.24 bits per heavy atom. The monoisotopic (exact) mass is 595 g/mol. The molecule has 2 aromatic heterocycles. The van der Waals surface area contributed by atoms with Crippen molar-refractivity contribution < 1.29 is 21.6 Å². The Hall–Kier alpha value is -4.14. The summed E-state index contributed by atoms with van der Waals surface area (Å²) in [6, 6.07) is 17.1. The van der Waals surface area contributed by atoms with Gasteiger partial charge >= 0.3 is 0 Å². The lowest BCUT2D eigenvalue weighted by Crippen LogP contribution is -2.25. The molecule has 1 aliphatic carbocycles. The maximum absolute atomic E-state index is 12.3. The lowest BCUT2D eigenvalue weighted by Gasteiger charge is -2.13. The Bertz CT molecular complexity index is 1810. The van der Waals surface area contributed by atoms with E-state index in [9.17, 15) is 21.6 Å². The molecule has 0 unspecified atom stereocenters. The maximum Gasteiger partial charge on any atom is 0.251 e. The summed E-state index contributed by atoms with van der Waals surface area (Å²) >= 11 is 0. The van der Waals surface area contributed by atoms with Gasteiger partial charge in [-0.1, -0.05) is 24.3 Å². The number of nitrogens with one attached hydrogen (secondary N) is 3. The minimum atomic E-state index is -3.79. The number of hydrogen-bond acceptors (Lipinski definition) is 10. The van der Waals surface area contributed by atoms with Crippen LogP contribution in [0.5, 0.6) is 0 Å². The highest BCUT2D eigenvalue weighted by Gasteiger charge is 2.23. The van der Waals surface area contributed by atoms with Crippen molar-refractivity contribution in [1.29, 1.82) is 0 Å². The van der Waals surface area contributed by atoms with E-state index in [-0.39, 0.29) is 35.1 Å². The van der Waals surface area contributed by atoms with Gasteiger partial charge in [-0.15, -0.1) is 0 Å². The largest absolute Gasteiger partial charge is 0.367 e. The summed E-state index contributed by atoms with van der Waals surface area (Å²) < 4.78 is 46.4.